The highest BCUT2D eigenvalue weighted by atomic mass is 19.1. The van der Waals surface area contributed by atoms with Crippen LogP contribution < -0.4 is 15.6 Å². The van der Waals surface area contributed by atoms with Gasteiger partial charge in [0.2, 0.25) is 5.91 Å². The summed E-state index contributed by atoms with van der Waals surface area (Å²) in [7, 11) is 1.53. The molecule has 2 rings (SSSR count). The third kappa shape index (κ3) is 8.17. The van der Waals surface area contributed by atoms with Crippen LogP contribution in [0.5, 0.6) is 5.75 Å². The van der Waals surface area contributed by atoms with Gasteiger partial charge in [0, 0.05) is 11.5 Å². The third-order valence-electron chi connectivity index (χ3n) is 5.75. The molecule has 1 aromatic heterocycles. The number of nitrogens with one attached hydrogen (secondary N) is 1. The minimum Gasteiger partial charge on any atom is -0.496 e. The Morgan fingerprint density at radius 1 is 1.11 bits per heavy atom. The number of hydrogen-bond acceptors (Lipinski definition) is 6. The summed E-state index contributed by atoms with van der Waals surface area (Å²) in [5.74, 6) is 0.00333. The van der Waals surface area contributed by atoms with Crippen molar-refractivity contribution in [2.75, 3.05) is 7.11 Å². The highest BCUT2D eigenvalue weighted by Crippen LogP contribution is 2.21. The van der Waals surface area contributed by atoms with Gasteiger partial charge in [-0.05, 0) is 69.4 Å². The Morgan fingerprint density at radius 2 is 1.78 bits per heavy atom. The second-order valence-corrected chi connectivity index (χ2v) is 9.84. The van der Waals surface area contributed by atoms with Gasteiger partial charge in [-0.2, -0.15) is 5.10 Å². The first-order valence-electron chi connectivity index (χ1n) is 12.4. The molecule has 9 heteroatoms. The summed E-state index contributed by atoms with van der Waals surface area (Å²) in [5.41, 5.74) is 1.92. The fourth-order valence-electron chi connectivity index (χ4n) is 3.48. The van der Waals surface area contributed by atoms with Gasteiger partial charge in [0.25, 0.3) is 5.56 Å². The summed E-state index contributed by atoms with van der Waals surface area (Å²) in [6.45, 7) is 13.3. The molecule has 0 fully saturated rings. The summed E-state index contributed by atoms with van der Waals surface area (Å²) in [5, 5.41) is 11.7. The van der Waals surface area contributed by atoms with Crippen LogP contribution in [0.1, 0.15) is 65.3 Å². The number of oxime groups is 1. The van der Waals surface area contributed by atoms with E-state index in [0.717, 1.165) is 0 Å². The normalized spacial score (nSPS) is 12.8. The molecular formula is C27H39FN4O4. The largest absolute Gasteiger partial charge is 0.496 e. The second-order valence-electron chi connectivity index (χ2n) is 9.84. The number of benzene rings is 1. The molecule has 8 nitrogen and oxygen atoms in total. The molecule has 36 heavy (non-hydrogen) atoms. The number of hydrogen-bond donors (Lipinski definition) is 1. The van der Waals surface area contributed by atoms with Crippen LogP contribution in [0.3, 0.4) is 0 Å². The van der Waals surface area contributed by atoms with Crippen molar-refractivity contribution in [2.45, 2.75) is 80.0 Å². The molecule has 1 heterocycles. The van der Waals surface area contributed by atoms with Crippen LogP contribution in [0, 0.1) is 17.7 Å². The molecule has 0 saturated heterocycles. The molecule has 0 bridgehead atoms. The van der Waals surface area contributed by atoms with E-state index < -0.39 is 0 Å². The van der Waals surface area contributed by atoms with Crippen LogP contribution in [0.25, 0.3) is 0 Å². The lowest BCUT2D eigenvalue weighted by Crippen LogP contribution is -2.46. The quantitative estimate of drug-likeness (QED) is 0.348. The monoisotopic (exact) mass is 502 g/mol. The van der Waals surface area contributed by atoms with Gasteiger partial charge in [0.15, 0.2) is 0 Å². The number of rotatable bonds is 12. The maximum Gasteiger partial charge on any atom is 0.270 e. The van der Waals surface area contributed by atoms with Crippen LogP contribution in [-0.2, 0) is 29.0 Å². The van der Waals surface area contributed by atoms with Crippen LogP contribution in [-0.4, -0.2) is 40.7 Å². The number of halogens is 1. The van der Waals surface area contributed by atoms with E-state index >= 15 is 0 Å². The smallest absolute Gasteiger partial charge is 0.270 e. The molecule has 0 aliphatic rings. The minimum atomic E-state index is -0.367. The van der Waals surface area contributed by atoms with Crippen molar-refractivity contribution in [1.82, 2.24) is 15.1 Å². The maximum atomic E-state index is 13.9. The molecule has 1 amide bonds. The molecule has 0 radical (unpaired) electrons. The third-order valence-corrected chi connectivity index (χ3v) is 5.75. The first kappa shape index (κ1) is 29.0. The molecule has 1 unspecified atom stereocenters. The average Bonchev–Trinajstić information content (AvgIpc) is 2.82. The molecule has 0 saturated carbocycles. The minimum absolute atomic E-state index is 0.0732. The average molecular weight is 503 g/mol. The highest BCUT2D eigenvalue weighted by Gasteiger charge is 2.21. The summed E-state index contributed by atoms with van der Waals surface area (Å²) < 4.78 is 20.6. The van der Waals surface area contributed by atoms with Gasteiger partial charge in [0.1, 0.15) is 29.1 Å². The molecule has 1 atom stereocenters. The Labute approximate surface area is 212 Å². The predicted molar refractivity (Wildman–Crippen MR) is 139 cm³/mol. The molecule has 198 valence electrons. The van der Waals surface area contributed by atoms with E-state index in [1.165, 1.54) is 23.9 Å². The second kappa shape index (κ2) is 13.2. The molecule has 0 aliphatic heterocycles. The summed E-state index contributed by atoms with van der Waals surface area (Å²) >= 11 is 0. The Bertz CT molecular complexity index is 1130. The van der Waals surface area contributed by atoms with Gasteiger partial charge in [-0.3, -0.25) is 9.59 Å². The van der Waals surface area contributed by atoms with Gasteiger partial charge in [-0.15, -0.1) is 0 Å². The van der Waals surface area contributed by atoms with Gasteiger partial charge < -0.3 is 14.9 Å². The van der Waals surface area contributed by atoms with Crippen LogP contribution in [0.15, 0.2) is 34.2 Å². The lowest BCUT2D eigenvalue weighted by atomic mass is 10.0. The Morgan fingerprint density at radius 3 is 2.36 bits per heavy atom. The highest BCUT2D eigenvalue weighted by molar-refractivity contribution is 5.96. The van der Waals surface area contributed by atoms with Crippen molar-refractivity contribution >= 4 is 11.6 Å². The predicted octanol–water partition coefficient (Wildman–Crippen LogP) is 4.12. The number of carbonyl (C=O) groups is 1. The van der Waals surface area contributed by atoms with E-state index in [9.17, 15) is 14.0 Å². The van der Waals surface area contributed by atoms with Crippen molar-refractivity contribution in [3.63, 3.8) is 0 Å². The number of aromatic nitrogens is 2. The molecular weight excluding hydrogens is 463 g/mol. The van der Waals surface area contributed by atoms with E-state index in [4.69, 9.17) is 9.57 Å². The van der Waals surface area contributed by atoms with Crippen molar-refractivity contribution < 1.29 is 18.8 Å². The number of nitrogens with zero attached hydrogens (tertiary/aromatic N) is 3. The zero-order chi connectivity index (χ0) is 27.0. The van der Waals surface area contributed by atoms with Gasteiger partial charge in [0.05, 0.1) is 19.7 Å². The van der Waals surface area contributed by atoms with Crippen molar-refractivity contribution in [3.8, 4) is 5.75 Å². The number of ether oxygens (including phenoxy) is 1. The number of methoxy groups -OCH3 is 1. The number of amides is 1. The standard InChI is InChI=1S/C27H39FN4O4/c1-16(2)24(29-26(33)17(3)4)15-32-27(34)21(14-23(30-32)19(7)31-36-18(5)6)10-9-20-13-22(28)11-12-25(20)35-8/h11-14,16-18,24H,9-10,15H2,1-8H3,(H,29,33)/b31-19+. The summed E-state index contributed by atoms with van der Waals surface area (Å²) in [6, 6.07) is 5.74. The maximum absolute atomic E-state index is 13.9. The first-order chi connectivity index (χ1) is 16.9. The van der Waals surface area contributed by atoms with Gasteiger partial charge >= 0.3 is 0 Å². The van der Waals surface area contributed by atoms with E-state index in [-0.39, 0.29) is 47.8 Å². The van der Waals surface area contributed by atoms with Crippen LogP contribution >= 0.6 is 0 Å². The van der Waals surface area contributed by atoms with Gasteiger partial charge in [-0.25, -0.2) is 9.07 Å². The van der Waals surface area contributed by atoms with Gasteiger partial charge in [-0.1, -0.05) is 32.9 Å². The number of aryl methyl sites for hydroxylation is 2. The molecule has 1 N–H and O–H groups in total. The number of carbonyl (C=O) groups excluding carboxylic acids is 1. The first-order valence-corrected chi connectivity index (χ1v) is 12.4. The Kier molecular flexibility index (Phi) is 10.6. The molecule has 2 aromatic rings. The fourth-order valence-corrected chi connectivity index (χ4v) is 3.48. The molecule has 1 aromatic carbocycles. The van der Waals surface area contributed by atoms with Crippen LogP contribution in [0.2, 0.25) is 0 Å². The van der Waals surface area contributed by atoms with E-state index in [2.05, 4.69) is 15.6 Å². The topological polar surface area (TPSA) is 94.8 Å². The lowest BCUT2D eigenvalue weighted by molar-refractivity contribution is -0.125. The van der Waals surface area contributed by atoms with Crippen molar-refractivity contribution in [3.05, 3.63) is 57.3 Å². The Hall–Kier alpha value is -3.23. The lowest BCUT2D eigenvalue weighted by Gasteiger charge is -2.24. The summed E-state index contributed by atoms with van der Waals surface area (Å²) in [6.07, 6.45) is 0.634. The zero-order valence-electron chi connectivity index (χ0n) is 22.6. The SMILES string of the molecule is COc1ccc(F)cc1CCc1cc(/C(C)=N/OC(C)C)nn(CC(NC(=O)C(C)C)C(C)C)c1=O. The van der Waals surface area contributed by atoms with E-state index in [1.807, 2.05) is 41.5 Å². The zero-order valence-corrected chi connectivity index (χ0v) is 22.6. The Balaban J connectivity index is 2.48. The molecule has 0 aliphatic carbocycles. The van der Waals surface area contributed by atoms with Crippen molar-refractivity contribution in [1.29, 1.82) is 0 Å². The van der Waals surface area contributed by atoms with E-state index in [0.29, 0.717) is 41.1 Å². The van der Waals surface area contributed by atoms with Crippen LogP contribution in [0.4, 0.5) is 4.39 Å². The summed E-state index contributed by atoms with van der Waals surface area (Å²) in [4.78, 5) is 31.2. The molecule has 0 spiro atoms. The van der Waals surface area contributed by atoms with Crippen molar-refractivity contribution in [2.24, 2.45) is 17.0 Å². The fraction of sp³-hybridized carbons (Fsp3) is 0.556. The van der Waals surface area contributed by atoms with E-state index in [1.54, 1.807) is 19.1 Å².